The van der Waals surface area contributed by atoms with Crippen molar-refractivity contribution in [2.24, 2.45) is 0 Å². The van der Waals surface area contributed by atoms with Gasteiger partial charge >= 0.3 is 0 Å². The third-order valence-corrected chi connectivity index (χ3v) is 3.37. The molecule has 0 fully saturated rings. The number of benzene rings is 1. The fourth-order valence-corrected chi connectivity index (χ4v) is 2.34. The molecule has 0 aliphatic heterocycles. The Morgan fingerprint density at radius 3 is 2.94 bits per heavy atom. The van der Waals surface area contributed by atoms with Gasteiger partial charge in [-0.15, -0.1) is 11.3 Å². The Morgan fingerprint density at radius 2 is 2.24 bits per heavy atom. The minimum atomic E-state index is -0.595. The summed E-state index contributed by atoms with van der Waals surface area (Å²) in [5.41, 5.74) is 3.53. The van der Waals surface area contributed by atoms with E-state index >= 15 is 0 Å². The summed E-state index contributed by atoms with van der Waals surface area (Å²) in [4.78, 5) is 4.15. The molecule has 0 aliphatic carbocycles. The van der Waals surface area contributed by atoms with Crippen LogP contribution < -0.4 is 5.32 Å². The van der Waals surface area contributed by atoms with Crippen molar-refractivity contribution in [3.05, 3.63) is 51.4 Å². The van der Waals surface area contributed by atoms with Crippen molar-refractivity contribution in [3.63, 3.8) is 0 Å². The zero-order valence-electron chi connectivity index (χ0n) is 9.14. The average Bonchev–Trinajstić information content (AvgIpc) is 2.82. The summed E-state index contributed by atoms with van der Waals surface area (Å²) < 4.78 is 0. The molecule has 90 valence electrons. The second-order valence-corrected chi connectivity index (χ2v) is 4.77. The minimum Gasteiger partial charge on any atom is -0.387 e. The van der Waals surface area contributed by atoms with E-state index in [9.17, 15) is 5.11 Å². The van der Waals surface area contributed by atoms with Crippen molar-refractivity contribution in [2.45, 2.75) is 12.6 Å². The van der Waals surface area contributed by atoms with E-state index in [2.05, 4.69) is 10.3 Å². The summed E-state index contributed by atoms with van der Waals surface area (Å²) in [7, 11) is 0. The summed E-state index contributed by atoms with van der Waals surface area (Å²) in [6, 6.07) is 7.32. The molecule has 2 N–H and O–H groups in total. The first-order valence-corrected chi connectivity index (χ1v) is 6.59. The van der Waals surface area contributed by atoms with Crippen LogP contribution >= 0.6 is 22.9 Å². The number of halogens is 1. The van der Waals surface area contributed by atoms with Gasteiger partial charge in [0.2, 0.25) is 0 Å². The molecular formula is C12H13ClN2OS. The Bertz CT molecular complexity index is 461. The predicted molar refractivity (Wildman–Crippen MR) is 70.2 cm³/mol. The van der Waals surface area contributed by atoms with Gasteiger partial charge < -0.3 is 10.4 Å². The van der Waals surface area contributed by atoms with Gasteiger partial charge in [0, 0.05) is 29.1 Å². The molecule has 1 heterocycles. The summed E-state index contributed by atoms with van der Waals surface area (Å²) >= 11 is 7.56. The van der Waals surface area contributed by atoms with Crippen LogP contribution in [0.3, 0.4) is 0 Å². The fourth-order valence-electron chi connectivity index (χ4n) is 1.52. The van der Waals surface area contributed by atoms with E-state index in [4.69, 9.17) is 11.6 Å². The zero-order chi connectivity index (χ0) is 12.1. The highest BCUT2D eigenvalue weighted by atomic mass is 35.5. The summed E-state index contributed by atoms with van der Waals surface area (Å²) in [5.74, 6) is 0. The molecule has 1 unspecified atom stereocenters. The topological polar surface area (TPSA) is 45.1 Å². The highest BCUT2D eigenvalue weighted by Crippen LogP contribution is 2.21. The van der Waals surface area contributed by atoms with Gasteiger partial charge in [0.25, 0.3) is 0 Å². The first-order chi connectivity index (χ1) is 8.27. The number of aromatic nitrogens is 1. The Morgan fingerprint density at radius 1 is 1.41 bits per heavy atom. The number of aliphatic hydroxyl groups is 1. The van der Waals surface area contributed by atoms with Crippen LogP contribution in [0.4, 0.5) is 0 Å². The van der Waals surface area contributed by atoms with Crippen LogP contribution in [-0.2, 0) is 6.54 Å². The van der Waals surface area contributed by atoms with E-state index in [1.807, 2.05) is 23.6 Å². The summed E-state index contributed by atoms with van der Waals surface area (Å²) in [6.07, 6.45) is -0.595. The normalized spacial score (nSPS) is 12.6. The Labute approximate surface area is 109 Å². The SMILES string of the molecule is OC(CNCc1cscn1)c1ccccc1Cl. The molecule has 0 aliphatic rings. The zero-order valence-corrected chi connectivity index (χ0v) is 10.7. The third-order valence-electron chi connectivity index (χ3n) is 2.39. The number of rotatable bonds is 5. The van der Waals surface area contributed by atoms with Gasteiger partial charge in [-0.05, 0) is 6.07 Å². The van der Waals surface area contributed by atoms with Gasteiger partial charge in [0.1, 0.15) is 0 Å². The average molecular weight is 269 g/mol. The molecule has 2 rings (SSSR count). The number of aliphatic hydroxyl groups excluding tert-OH is 1. The van der Waals surface area contributed by atoms with Crippen LogP contribution in [0.25, 0.3) is 0 Å². The molecule has 0 amide bonds. The number of hydrogen-bond acceptors (Lipinski definition) is 4. The smallest absolute Gasteiger partial charge is 0.0928 e. The Balaban J connectivity index is 1.85. The number of nitrogens with zero attached hydrogens (tertiary/aromatic N) is 1. The maximum atomic E-state index is 9.97. The van der Waals surface area contributed by atoms with Gasteiger partial charge in [-0.25, -0.2) is 4.98 Å². The van der Waals surface area contributed by atoms with Crippen LogP contribution in [0.5, 0.6) is 0 Å². The van der Waals surface area contributed by atoms with Gasteiger partial charge in [-0.3, -0.25) is 0 Å². The molecule has 0 saturated carbocycles. The van der Waals surface area contributed by atoms with Crippen LogP contribution in [-0.4, -0.2) is 16.6 Å². The largest absolute Gasteiger partial charge is 0.387 e. The van der Waals surface area contributed by atoms with Crippen molar-refractivity contribution < 1.29 is 5.11 Å². The molecule has 5 heteroatoms. The van der Waals surface area contributed by atoms with Gasteiger partial charge in [0.05, 0.1) is 17.3 Å². The Hall–Kier alpha value is -0.940. The van der Waals surface area contributed by atoms with E-state index < -0.39 is 6.10 Å². The highest BCUT2D eigenvalue weighted by Gasteiger charge is 2.10. The Kier molecular flexibility index (Phi) is 4.50. The van der Waals surface area contributed by atoms with E-state index in [0.29, 0.717) is 18.1 Å². The van der Waals surface area contributed by atoms with Crippen LogP contribution in [0.2, 0.25) is 5.02 Å². The maximum absolute atomic E-state index is 9.97. The lowest BCUT2D eigenvalue weighted by Gasteiger charge is -2.12. The van der Waals surface area contributed by atoms with Gasteiger partial charge in [-0.2, -0.15) is 0 Å². The van der Waals surface area contributed by atoms with E-state index in [-0.39, 0.29) is 0 Å². The first kappa shape index (κ1) is 12.5. The second kappa shape index (κ2) is 6.12. The molecule has 17 heavy (non-hydrogen) atoms. The van der Waals surface area contributed by atoms with Crippen molar-refractivity contribution >= 4 is 22.9 Å². The van der Waals surface area contributed by atoms with Crippen LogP contribution in [0.1, 0.15) is 17.4 Å². The fraction of sp³-hybridized carbons (Fsp3) is 0.250. The summed E-state index contributed by atoms with van der Waals surface area (Å²) in [6.45, 7) is 1.12. The van der Waals surface area contributed by atoms with Crippen LogP contribution in [0.15, 0.2) is 35.2 Å². The third kappa shape index (κ3) is 3.51. The molecule has 3 nitrogen and oxygen atoms in total. The quantitative estimate of drug-likeness (QED) is 0.876. The van der Waals surface area contributed by atoms with E-state index in [0.717, 1.165) is 11.3 Å². The first-order valence-electron chi connectivity index (χ1n) is 5.27. The predicted octanol–water partition coefficient (Wildman–Crippen LogP) is 2.62. The van der Waals surface area contributed by atoms with Gasteiger partial charge in [-0.1, -0.05) is 29.8 Å². The number of hydrogen-bond donors (Lipinski definition) is 2. The number of nitrogens with one attached hydrogen (secondary N) is 1. The van der Waals surface area contributed by atoms with E-state index in [1.54, 1.807) is 22.9 Å². The van der Waals surface area contributed by atoms with Crippen molar-refractivity contribution in [1.29, 1.82) is 0 Å². The maximum Gasteiger partial charge on any atom is 0.0928 e. The molecule has 0 radical (unpaired) electrons. The second-order valence-electron chi connectivity index (χ2n) is 3.65. The molecular weight excluding hydrogens is 256 g/mol. The van der Waals surface area contributed by atoms with Crippen molar-refractivity contribution in [1.82, 2.24) is 10.3 Å². The number of thiazole rings is 1. The van der Waals surface area contributed by atoms with Crippen LogP contribution in [0, 0.1) is 0 Å². The molecule has 1 atom stereocenters. The lowest BCUT2D eigenvalue weighted by Crippen LogP contribution is -2.21. The monoisotopic (exact) mass is 268 g/mol. The molecule has 0 saturated heterocycles. The lowest BCUT2D eigenvalue weighted by molar-refractivity contribution is 0.174. The summed E-state index contributed by atoms with van der Waals surface area (Å²) in [5, 5.41) is 15.7. The van der Waals surface area contributed by atoms with E-state index in [1.165, 1.54) is 0 Å². The molecule has 1 aromatic carbocycles. The van der Waals surface area contributed by atoms with Crippen molar-refractivity contribution in [3.8, 4) is 0 Å². The lowest BCUT2D eigenvalue weighted by atomic mass is 10.1. The van der Waals surface area contributed by atoms with Crippen molar-refractivity contribution in [2.75, 3.05) is 6.54 Å². The molecule has 2 aromatic rings. The molecule has 1 aromatic heterocycles. The minimum absolute atomic E-state index is 0.460. The highest BCUT2D eigenvalue weighted by molar-refractivity contribution is 7.07. The molecule has 0 bridgehead atoms. The standard InChI is InChI=1S/C12H13ClN2OS/c13-11-4-2-1-3-10(11)12(16)6-14-5-9-7-17-8-15-9/h1-4,7-8,12,14,16H,5-6H2. The van der Waals surface area contributed by atoms with Gasteiger partial charge in [0.15, 0.2) is 0 Å². The molecule has 0 spiro atoms.